The molecule has 0 unspecified atom stereocenters. The highest BCUT2D eigenvalue weighted by atomic mass is 16.5. The van der Waals surface area contributed by atoms with Crippen LogP contribution in [0.5, 0.6) is 11.5 Å². The van der Waals surface area contributed by atoms with Gasteiger partial charge >= 0.3 is 0 Å². The predicted octanol–water partition coefficient (Wildman–Crippen LogP) is 13.6. The van der Waals surface area contributed by atoms with Gasteiger partial charge in [-0.15, -0.1) is 0 Å². The van der Waals surface area contributed by atoms with E-state index in [-0.39, 0.29) is 0 Å². The highest BCUT2D eigenvalue weighted by Gasteiger charge is 2.46. The van der Waals surface area contributed by atoms with Crippen LogP contribution in [0.1, 0.15) is 22.3 Å². The van der Waals surface area contributed by atoms with Crippen LogP contribution in [0.4, 0.5) is 17.1 Å². The second kappa shape index (κ2) is 12.7. The van der Waals surface area contributed by atoms with Gasteiger partial charge in [0.05, 0.1) is 16.8 Å². The van der Waals surface area contributed by atoms with Crippen LogP contribution in [0, 0.1) is 0 Å². The smallest absolute Gasteiger partial charge is 0.151 e. The first-order chi connectivity index (χ1) is 26.3. The number of anilines is 3. The molecule has 9 aromatic rings. The molecule has 0 radical (unpaired) electrons. The molecule has 10 rings (SSSR count). The summed E-state index contributed by atoms with van der Waals surface area (Å²) in [6, 6.07) is 76.2. The Morgan fingerprint density at radius 1 is 0.396 bits per heavy atom. The summed E-state index contributed by atoms with van der Waals surface area (Å²) in [6.45, 7) is 0. The molecular weight excluding hydrogens is 643 g/mol. The molecule has 53 heavy (non-hydrogen) atoms. The van der Waals surface area contributed by atoms with Gasteiger partial charge < -0.3 is 9.64 Å². The number of ether oxygens (including phenoxy) is 1. The number of para-hydroxylation sites is 3. The Morgan fingerprint density at radius 3 is 1.77 bits per heavy atom. The number of fused-ring (bicyclic) bond motifs is 6. The van der Waals surface area contributed by atoms with E-state index in [1.54, 1.807) is 0 Å². The summed E-state index contributed by atoms with van der Waals surface area (Å²) in [4.78, 5) is 2.40. The third-order valence-corrected chi connectivity index (χ3v) is 10.8. The number of benzene rings is 9. The van der Waals surface area contributed by atoms with Crippen LogP contribution in [0.3, 0.4) is 0 Å². The van der Waals surface area contributed by atoms with Crippen LogP contribution in [0.25, 0.3) is 32.7 Å². The Labute approximate surface area is 309 Å². The fraction of sp³-hybridized carbons (Fsp3) is 0.0196. The van der Waals surface area contributed by atoms with Crippen LogP contribution >= 0.6 is 0 Å². The van der Waals surface area contributed by atoms with Crippen LogP contribution in [0.15, 0.2) is 212 Å². The summed E-state index contributed by atoms with van der Waals surface area (Å²) in [6.07, 6.45) is 0. The molecule has 0 N–H and O–H groups in total. The van der Waals surface area contributed by atoms with Gasteiger partial charge in [0.25, 0.3) is 0 Å². The molecule has 0 aliphatic heterocycles. The average Bonchev–Trinajstić information content (AvgIpc) is 3.53. The first-order valence-corrected chi connectivity index (χ1v) is 18.2. The monoisotopic (exact) mass is 677 g/mol. The van der Waals surface area contributed by atoms with Gasteiger partial charge in [-0.25, -0.2) is 0 Å². The third kappa shape index (κ3) is 4.95. The summed E-state index contributed by atoms with van der Waals surface area (Å²) in [5.41, 5.74) is 10.1. The molecule has 1 aliphatic carbocycles. The highest BCUT2D eigenvalue weighted by Crippen LogP contribution is 2.57. The minimum Gasteiger partial charge on any atom is -0.455 e. The lowest BCUT2D eigenvalue weighted by molar-refractivity contribution is 0.484. The van der Waals surface area contributed by atoms with Crippen molar-refractivity contribution >= 4 is 38.6 Å². The van der Waals surface area contributed by atoms with Crippen molar-refractivity contribution in [1.82, 2.24) is 0 Å². The van der Waals surface area contributed by atoms with Gasteiger partial charge in [-0.2, -0.15) is 0 Å². The van der Waals surface area contributed by atoms with Crippen LogP contribution in [-0.4, -0.2) is 0 Å². The van der Waals surface area contributed by atoms with Gasteiger partial charge in [0.2, 0.25) is 0 Å². The predicted molar refractivity (Wildman–Crippen MR) is 220 cm³/mol. The molecule has 2 heteroatoms. The van der Waals surface area contributed by atoms with Crippen molar-refractivity contribution in [1.29, 1.82) is 0 Å². The van der Waals surface area contributed by atoms with Crippen molar-refractivity contribution < 1.29 is 4.74 Å². The Bertz CT molecular complexity index is 2720. The molecule has 9 aromatic carbocycles. The zero-order valence-corrected chi connectivity index (χ0v) is 29.1. The normalized spacial score (nSPS) is 12.7. The van der Waals surface area contributed by atoms with E-state index >= 15 is 0 Å². The minimum absolute atomic E-state index is 0.526. The molecule has 0 saturated heterocycles. The van der Waals surface area contributed by atoms with Gasteiger partial charge in [-0.05, 0) is 92.0 Å². The number of nitrogens with zero attached hydrogens (tertiary/aromatic N) is 1. The summed E-state index contributed by atoms with van der Waals surface area (Å²) in [5, 5.41) is 4.80. The molecule has 250 valence electrons. The summed E-state index contributed by atoms with van der Waals surface area (Å²) in [7, 11) is 0. The Hall–Kier alpha value is -6.90. The first-order valence-electron chi connectivity index (χ1n) is 18.2. The molecule has 0 aromatic heterocycles. The number of rotatable bonds is 7. The van der Waals surface area contributed by atoms with Crippen molar-refractivity contribution in [3.05, 3.63) is 235 Å². The van der Waals surface area contributed by atoms with E-state index in [9.17, 15) is 0 Å². The van der Waals surface area contributed by atoms with Crippen molar-refractivity contribution in [3.8, 4) is 22.6 Å². The lowest BCUT2D eigenvalue weighted by Gasteiger charge is -2.35. The maximum atomic E-state index is 6.71. The maximum absolute atomic E-state index is 6.71. The van der Waals surface area contributed by atoms with E-state index in [0.717, 1.165) is 28.6 Å². The van der Waals surface area contributed by atoms with Crippen molar-refractivity contribution in [2.24, 2.45) is 0 Å². The molecule has 0 spiro atoms. The van der Waals surface area contributed by atoms with E-state index in [1.165, 1.54) is 54.9 Å². The molecule has 0 bridgehead atoms. The molecule has 0 saturated carbocycles. The summed E-state index contributed by atoms with van der Waals surface area (Å²) >= 11 is 0. The zero-order valence-electron chi connectivity index (χ0n) is 29.1. The number of hydrogen-bond acceptors (Lipinski definition) is 2. The third-order valence-electron chi connectivity index (χ3n) is 10.8. The second-order valence-corrected chi connectivity index (χ2v) is 13.6. The molecule has 0 heterocycles. The Balaban J connectivity index is 1.29. The van der Waals surface area contributed by atoms with Crippen molar-refractivity contribution in [3.63, 3.8) is 0 Å². The quantitative estimate of drug-likeness (QED) is 0.156. The van der Waals surface area contributed by atoms with Gasteiger partial charge in [0.15, 0.2) is 5.75 Å². The van der Waals surface area contributed by atoms with Crippen molar-refractivity contribution in [2.45, 2.75) is 5.41 Å². The Morgan fingerprint density at radius 2 is 0.981 bits per heavy atom. The topological polar surface area (TPSA) is 12.5 Å². The van der Waals surface area contributed by atoms with Crippen LogP contribution in [0.2, 0.25) is 0 Å². The van der Waals surface area contributed by atoms with Crippen LogP contribution in [-0.2, 0) is 5.41 Å². The minimum atomic E-state index is -0.526. The van der Waals surface area contributed by atoms with Gasteiger partial charge in [0, 0.05) is 11.1 Å². The van der Waals surface area contributed by atoms with Gasteiger partial charge in [0.1, 0.15) is 5.75 Å². The lowest BCUT2D eigenvalue weighted by atomic mass is 9.67. The molecule has 2 nitrogen and oxygen atoms in total. The fourth-order valence-electron chi connectivity index (χ4n) is 8.55. The van der Waals surface area contributed by atoms with Crippen LogP contribution < -0.4 is 9.64 Å². The Kier molecular flexibility index (Phi) is 7.40. The molecule has 0 amide bonds. The molecule has 0 fully saturated rings. The second-order valence-electron chi connectivity index (χ2n) is 13.6. The largest absolute Gasteiger partial charge is 0.455 e. The van der Waals surface area contributed by atoms with E-state index in [0.29, 0.717) is 0 Å². The first kappa shape index (κ1) is 30.9. The number of hydrogen-bond donors (Lipinski definition) is 0. The fourth-order valence-corrected chi connectivity index (χ4v) is 8.55. The maximum Gasteiger partial charge on any atom is 0.151 e. The standard InChI is InChI=1S/C51H35NO/c1-4-19-38(20-5-1)51(39-21-6-2-7-22-39)45-27-13-12-26-43(45)44-34-33-40(35-46(44)51)52(47-28-14-15-30-49(47)53-41-23-8-3-9-24-41)48-29-16-18-37-32-31-36-17-10-11-25-42(36)50(37)48/h1-35H. The van der Waals surface area contributed by atoms with E-state index in [1.807, 2.05) is 36.4 Å². The van der Waals surface area contributed by atoms with Gasteiger partial charge in [-0.1, -0.05) is 170 Å². The van der Waals surface area contributed by atoms with E-state index in [2.05, 4.69) is 181 Å². The van der Waals surface area contributed by atoms with E-state index < -0.39 is 5.41 Å². The summed E-state index contributed by atoms with van der Waals surface area (Å²) < 4.78 is 6.71. The molecule has 0 atom stereocenters. The van der Waals surface area contributed by atoms with E-state index in [4.69, 9.17) is 4.74 Å². The summed E-state index contributed by atoms with van der Waals surface area (Å²) in [5.74, 6) is 1.57. The highest BCUT2D eigenvalue weighted by molar-refractivity contribution is 6.15. The SMILES string of the molecule is c1ccc(Oc2ccccc2N(c2ccc3c(c2)C(c2ccccc2)(c2ccccc2)c2ccccc2-3)c2cccc3ccc4ccccc4c23)cc1. The molecule has 1 aliphatic rings. The lowest BCUT2D eigenvalue weighted by Crippen LogP contribution is -2.28. The van der Waals surface area contributed by atoms with Crippen molar-refractivity contribution in [2.75, 3.05) is 4.90 Å². The average molecular weight is 678 g/mol. The molecular formula is C51H35NO. The van der Waals surface area contributed by atoms with Gasteiger partial charge in [-0.3, -0.25) is 0 Å². The zero-order chi connectivity index (χ0) is 35.2.